The third-order valence-electron chi connectivity index (χ3n) is 5.73. The molecular weight excluding hydrogens is 503 g/mol. The molecule has 1 N–H and O–H groups in total. The Labute approximate surface area is 218 Å². The minimum Gasteiger partial charge on any atom is -0.355 e. The van der Waals surface area contributed by atoms with E-state index >= 15 is 0 Å². The molecule has 2 aromatic heterocycles. The molecule has 0 spiro atoms. The molecule has 1 saturated heterocycles. The summed E-state index contributed by atoms with van der Waals surface area (Å²) in [6.45, 7) is 4.06. The van der Waals surface area contributed by atoms with Crippen LogP contribution >= 0.6 is 23.4 Å². The van der Waals surface area contributed by atoms with Crippen molar-refractivity contribution in [1.82, 2.24) is 25.2 Å². The normalized spacial score (nSPS) is 15.6. The van der Waals surface area contributed by atoms with Gasteiger partial charge in [0.1, 0.15) is 16.8 Å². The van der Waals surface area contributed by atoms with E-state index in [1.54, 1.807) is 17.2 Å². The van der Waals surface area contributed by atoms with Gasteiger partial charge in [-0.2, -0.15) is 0 Å². The zero-order chi connectivity index (χ0) is 25.5. The van der Waals surface area contributed by atoms with E-state index in [0.29, 0.717) is 49.1 Å². The van der Waals surface area contributed by atoms with Crippen LogP contribution < -0.4 is 10.2 Å². The number of hydrogen-bond acceptors (Lipinski definition) is 7. The fraction of sp³-hybridized carbons (Fsp3) is 0.320. The molecule has 1 fully saturated rings. The number of amides is 2. The Morgan fingerprint density at radius 1 is 1.17 bits per heavy atom. The number of aromatic nitrogens is 3. The van der Waals surface area contributed by atoms with E-state index < -0.39 is 0 Å². The van der Waals surface area contributed by atoms with Gasteiger partial charge in [0.05, 0.1) is 5.75 Å². The lowest BCUT2D eigenvalue weighted by molar-refractivity contribution is -0.118. The first-order valence-electron chi connectivity index (χ1n) is 11.5. The number of nitrogens with zero attached hydrogens (tertiary/aromatic N) is 5. The molecule has 0 radical (unpaired) electrons. The molecule has 2 amide bonds. The Hall–Kier alpha value is -3.24. The van der Waals surface area contributed by atoms with E-state index in [1.807, 2.05) is 30.0 Å². The Morgan fingerprint density at radius 2 is 1.97 bits per heavy atom. The third kappa shape index (κ3) is 6.92. The maximum absolute atomic E-state index is 13.2. The largest absolute Gasteiger partial charge is 0.355 e. The molecule has 11 heteroatoms. The van der Waals surface area contributed by atoms with Gasteiger partial charge in [-0.05, 0) is 43.3 Å². The number of anilines is 1. The SMILES string of the molecule is CC1CN(c2cc(Cl)nc(SCC(=O)NCCc3ccccn3)n2)CCN1C(=O)c1ccc(F)cc1. The van der Waals surface area contributed by atoms with Gasteiger partial charge in [0.2, 0.25) is 5.91 Å². The summed E-state index contributed by atoms with van der Waals surface area (Å²) in [7, 11) is 0. The standard InChI is InChI=1S/C25H26ClFN6O2S/c1-17-15-32(12-13-33(17)24(35)18-5-7-19(27)8-6-18)22-14-21(26)30-25(31-22)36-16-23(34)29-11-9-20-4-2-3-10-28-20/h2-8,10,14,17H,9,11-13,15-16H2,1H3,(H,29,34). The second kappa shape index (κ2) is 12.1. The van der Waals surface area contributed by atoms with Crippen LogP contribution in [0.3, 0.4) is 0 Å². The van der Waals surface area contributed by atoms with Crippen molar-refractivity contribution in [3.05, 3.63) is 77.0 Å². The molecule has 1 unspecified atom stereocenters. The van der Waals surface area contributed by atoms with Crippen LogP contribution in [0.15, 0.2) is 59.9 Å². The lowest BCUT2D eigenvalue weighted by atomic mass is 10.1. The first kappa shape index (κ1) is 25.8. The van der Waals surface area contributed by atoms with Crippen LogP contribution in [-0.4, -0.2) is 69.6 Å². The Bertz CT molecular complexity index is 1200. The smallest absolute Gasteiger partial charge is 0.254 e. The highest BCUT2D eigenvalue weighted by Crippen LogP contribution is 2.24. The second-order valence-corrected chi connectivity index (χ2v) is 9.67. The fourth-order valence-corrected chi connectivity index (χ4v) is 4.81. The summed E-state index contributed by atoms with van der Waals surface area (Å²) in [6.07, 6.45) is 2.38. The highest BCUT2D eigenvalue weighted by Gasteiger charge is 2.29. The molecule has 1 aliphatic rings. The number of pyridine rings is 1. The van der Waals surface area contributed by atoms with Crippen LogP contribution in [0.25, 0.3) is 0 Å². The molecule has 188 valence electrons. The summed E-state index contributed by atoms with van der Waals surface area (Å²) in [5, 5.41) is 3.57. The topological polar surface area (TPSA) is 91.3 Å². The van der Waals surface area contributed by atoms with Gasteiger partial charge in [-0.25, -0.2) is 14.4 Å². The zero-order valence-corrected chi connectivity index (χ0v) is 21.3. The summed E-state index contributed by atoms with van der Waals surface area (Å²) in [6, 6.07) is 12.9. The monoisotopic (exact) mass is 528 g/mol. The van der Waals surface area contributed by atoms with Gasteiger partial charge in [-0.1, -0.05) is 29.4 Å². The van der Waals surface area contributed by atoms with Crippen molar-refractivity contribution >= 4 is 41.0 Å². The van der Waals surface area contributed by atoms with Gasteiger partial charge in [0.15, 0.2) is 5.16 Å². The highest BCUT2D eigenvalue weighted by atomic mass is 35.5. The van der Waals surface area contributed by atoms with E-state index in [1.165, 1.54) is 36.0 Å². The van der Waals surface area contributed by atoms with Crippen LogP contribution in [-0.2, 0) is 11.2 Å². The van der Waals surface area contributed by atoms with Crippen LogP contribution in [0.4, 0.5) is 10.2 Å². The minimum absolute atomic E-state index is 0.0916. The quantitative estimate of drug-likeness (QED) is 0.272. The van der Waals surface area contributed by atoms with Crippen LogP contribution in [0.5, 0.6) is 0 Å². The van der Waals surface area contributed by atoms with Crippen molar-refractivity contribution in [2.45, 2.75) is 24.5 Å². The van der Waals surface area contributed by atoms with Gasteiger partial charge in [0, 0.05) is 62.2 Å². The number of carbonyl (C=O) groups is 2. The summed E-state index contributed by atoms with van der Waals surface area (Å²) in [4.78, 5) is 42.0. The molecule has 1 aliphatic heterocycles. The number of halogens is 2. The number of rotatable bonds is 8. The molecular formula is C25H26ClFN6O2S. The first-order valence-corrected chi connectivity index (χ1v) is 12.9. The van der Waals surface area contributed by atoms with Crippen molar-refractivity contribution < 1.29 is 14.0 Å². The predicted molar refractivity (Wildman–Crippen MR) is 138 cm³/mol. The van der Waals surface area contributed by atoms with Gasteiger partial charge in [-0.15, -0.1) is 0 Å². The molecule has 3 aromatic rings. The maximum atomic E-state index is 13.2. The van der Waals surface area contributed by atoms with Crippen molar-refractivity contribution in [2.75, 3.05) is 36.8 Å². The molecule has 0 bridgehead atoms. The van der Waals surface area contributed by atoms with Gasteiger partial charge in [0.25, 0.3) is 5.91 Å². The van der Waals surface area contributed by atoms with E-state index in [4.69, 9.17) is 11.6 Å². The number of thioether (sulfide) groups is 1. The third-order valence-corrected chi connectivity index (χ3v) is 6.77. The Morgan fingerprint density at radius 3 is 2.69 bits per heavy atom. The van der Waals surface area contributed by atoms with E-state index in [9.17, 15) is 14.0 Å². The van der Waals surface area contributed by atoms with E-state index in [2.05, 4.69) is 20.3 Å². The summed E-state index contributed by atoms with van der Waals surface area (Å²) >= 11 is 7.47. The highest BCUT2D eigenvalue weighted by molar-refractivity contribution is 7.99. The minimum atomic E-state index is -0.374. The van der Waals surface area contributed by atoms with Gasteiger partial charge in [-0.3, -0.25) is 14.6 Å². The van der Waals surface area contributed by atoms with Crippen molar-refractivity contribution in [2.24, 2.45) is 0 Å². The predicted octanol–water partition coefficient (Wildman–Crippen LogP) is 3.47. The second-order valence-electron chi connectivity index (χ2n) is 8.34. The molecule has 36 heavy (non-hydrogen) atoms. The average molecular weight is 529 g/mol. The van der Waals surface area contributed by atoms with Gasteiger partial charge < -0.3 is 15.1 Å². The van der Waals surface area contributed by atoms with E-state index in [0.717, 1.165) is 5.69 Å². The van der Waals surface area contributed by atoms with Crippen LogP contribution in [0, 0.1) is 5.82 Å². The number of hydrogen-bond donors (Lipinski definition) is 1. The van der Waals surface area contributed by atoms with Crippen LogP contribution in [0.1, 0.15) is 23.0 Å². The molecule has 3 heterocycles. The molecule has 1 atom stereocenters. The van der Waals surface area contributed by atoms with Crippen LogP contribution in [0.2, 0.25) is 5.15 Å². The van der Waals surface area contributed by atoms with Crippen molar-refractivity contribution in [3.63, 3.8) is 0 Å². The molecule has 8 nitrogen and oxygen atoms in total. The number of carbonyl (C=O) groups excluding carboxylic acids is 2. The van der Waals surface area contributed by atoms with Gasteiger partial charge >= 0.3 is 0 Å². The summed E-state index contributed by atoms with van der Waals surface area (Å²) < 4.78 is 13.2. The average Bonchev–Trinajstić information content (AvgIpc) is 2.88. The number of benzene rings is 1. The number of piperazine rings is 1. The van der Waals surface area contributed by atoms with E-state index in [-0.39, 0.29) is 34.6 Å². The lowest BCUT2D eigenvalue weighted by Gasteiger charge is -2.40. The van der Waals surface area contributed by atoms with Crippen molar-refractivity contribution in [3.8, 4) is 0 Å². The summed E-state index contributed by atoms with van der Waals surface area (Å²) in [5.74, 6) is 0.184. The molecule has 0 aliphatic carbocycles. The molecule has 1 aromatic carbocycles. The van der Waals surface area contributed by atoms with Crippen molar-refractivity contribution in [1.29, 1.82) is 0 Å². The molecule has 0 saturated carbocycles. The zero-order valence-electron chi connectivity index (χ0n) is 19.7. The maximum Gasteiger partial charge on any atom is 0.254 e. The molecule has 4 rings (SSSR count). The number of nitrogens with one attached hydrogen (secondary N) is 1. The lowest BCUT2D eigenvalue weighted by Crippen LogP contribution is -2.54. The fourth-order valence-electron chi connectivity index (χ4n) is 3.89. The Balaban J connectivity index is 1.30. The summed E-state index contributed by atoms with van der Waals surface area (Å²) in [5.41, 5.74) is 1.38. The Kier molecular flexibility index (Phi) is 8.71. The first-order chi connectivity index (χ1) is 17.4.